The van der Waals surface area contributed by atoms with Gasteiger partial charge in [0, 0.05) is 36.7 Å². The number of amides is 2. The van der Waals surface area contributed by atoms with Crippen LogP contribution in [0.1, 0.15) is 73.3 Å². The fraction of sp³-hybridized carbons (Fsp3) is 0.586. The predicted molar refractivity (Wildman–Crippen MR) is 142 cm³/mol. The van der Waals surface area contributed by atoms with E-state index in [2.05, 4.69) is 15.2 Å². The molecule has 1 aromatic carbocycles. The van der Waals surface area contributed by atoms with Gasteiger partial charge >= 0.3 is 0 Å². The fourth-order valence-electron chi connectivity index (χ4n) is 6.68. The van der Waals surface area contributed by atoms with Gasteiger partial charge in [-0.15, -0.1) is 0 Å². The molecule has 1 N–H and O–H groups in total. The maximum absolute atomic E-state index is 15.0. The van der Waals surface area contributed by atoms with Crippen molar-refractivity contribution in [2.24, 2.45) is 5.92 Å². The summed E-state index contributed by atoms with van der Waals surface area (Å²) in [5.74, 6) is 0.367. The van der Waals surface area contributed by atoms with Gasteiger partial charge in [0.05, 0.1) is 29.9 Å². The van der Waals surface area contributed by atoms with Gasteiger partial charge < -0.3 is 20.0 Å². The molecule has 6 rings (SSSR count). The third kappa shape index (κ3) is 4.52. The molecule has 3 aliphatic heterocycles. The van der Waals surface area contributed by atoms with Crippen LogP contribution in [0, 0.1) is 18.7 Å². The van der Waals surface area contributed by atoms with Crippen LogP contribution >= 0.6 is 0 Å². The quantitative estimate of drug-likeness (QED) is 0.580. The van der Waals surface area contributed by atoms with E-state index in [1.165, 1.54) is 12.1 Å². The number of alkyl halides is 2. The van der Waals surface area contributed by atoms with E-state index < -0.39 is 29.3 Å². The second kappa shape index (κ2) is 10.0. The van der Waals surface area contributed by atoms with Gasteiger partial charge in [0.25, 0.3) is 6.43 Å². The van der Waals surface area contributed by atoms with E-state index in [4.69, 9.17) is 4.98 Å². The molecule has 2 amide bonds. The van der Waals surface area contributed by atoms with Crippen LogP contribution in [0.5, 0.6) is 0 Å². The number of hydrogen-bond acceptors (Lipinski definition) is 6. The molecular weight excluding hydrogens is 521 g/mol. The van der Waals surface area contributed by atoms with Gasteiger partial charge in [-0.25, -0.2) is 23.1 Å². The van der Waals surface area contributed by atoms with Crippen LogP contribution in [0.2, 0.25) is 0 Å². The number of nitrogens with one attached hydrogen (secondary N) is 1. The molecule has 1 aromatic heterocycles. The molecule has 8 nitrogen and oxygen atoms in total. The van der Waals surface area contributed by atoms with Gasteiger partial charge in [0.1, 0.15) is 22.9 Å². The van der Waals surface area contributed by atoms with Gasteiger partial charge in [-0.1, -0.05) is 18.2 Å². The number of halogens is 3. The summed E-state index contributed by atoms with van der Waals surface area (Å²) < 4.78 is 41.8. The van der Waals surface area contributed by atoms with Crippen LogP contribution in [-0.2, 0) is 21.5 Å². The first-order valence-corrected chi connectivity index (χ1v) is 14.1. The second-order valence-corrected chi connectivity index (χ2v) is 11.9. The summed E-state index contributed by atoms with van der Waals surface area (Å²) >= 11 is 0. The minimum Gasteiger partial charge on any atom is -0.363 e. The molecule has 1 aliphatic carbocycles. The normalized spacial score (nSPS) is 25.7. The van der Waals surface area contributed by atoms with Crippen LogP contribution in [-0.4, -0.2) is 75.8 Å². The summed E-state index contributed by atoms with van der Waals surface area (Å²) in [7, 11) is 1.99. The highest BCUT2D eigenvalue weighted by atomic mass is 19.3. The predicted octanol–water partition coefficient (Wildman–Crippen LogP) is 3.96. The zero-order chi connectivity index (χ0) is 28.3. The Balaban J connectivity index is 1.36. The summed E-state index contributed by atoms with van der Waals surface area (Å²) in [5.41, 5.74) is 0.0933. The van der Waals surface area contributed by atoms with E-state index in [0.717, 1.165) is 31.0 Å². The van der Waals surface area contributed by atoms with E-state index in [9.17, 15) is 18.4 Å². The Morgan fingerprint density at radius 3 is 2.58 bits per heavy atom. The molecule has 214 valence electrons. The van der Waals surface area contributed by atoms with Crippen molar-refractivity contribution in [1.29, 1.82) is 0 Å². The monoisotopic (exact) mass is 556 g/mol. The molecule has 0 bridgehead atoms. The average Bonchev–Trinajstić information content (AvgIpc) is 3.52. The highest BCUT2D eigenvalue weighted by Crippen LogP contribution is 2.44. The van der Waals surface area contributed by atoms with E-state index in [1.54, 1.807) is 13.8 Å². The highest BCUT2D eigenvalue weighted by molar-refractivity contribution is 5.91. The number of carbonyl (C=O) groups excluding carboxylic acids is 2. The number of rotatable bonds is 6. The summed E-state index contributed by atoms with van der Waals surface area (Å²) in [6.07, 6.45) is 0.285. The van der Waals surface area contributed by atoms with Gasteiger partial charge in [0.2, 0.25) is 11.8 Å². The van der Waals surface area contributed by atoms with Crippen LogP contribution < -0.4 is 5.32 Å². The number of likely N-dealkylation sites (tertiary alicyclic amines) is 2. The van der Waals surface area contributed by atoms with E-state index in [-0.39, 0.29) is 35.9 Å². The zero-order valence-electron chi connectivity index (χ0n) is 23.1. The Labute approximate surface area is 231 Å². The maximum atomic E-state index is 15.0. The number of benzene rings is 1. The topological polar surface area (TPSA) is 81.7 Å². The van der Waals surface area contributed by atoms with Gasteiger partial charge in [-0.2, -0.15) is 0 Å². The minimum absolute atomic E-state index is 0.0304. The maximum Gasteiger partial charge on any atom is 0.266 e. The molecule has 3 atom stereocenters. The van der Waals surface area contributed by atoms with Crippen molar-refractivity contribution < 1.29 is 22.8 Å². The molecule has 3 fully saturated rings. The number of nitrogens with zero attached hydrogens (tertiary/aromatic N) is 5. The minimum atomic E-state index is -2.92. The Kier molecular flexibility index (Phi) is 6.75. The van der Waals surface area contributed by atoms with Crippen molar-refractivity contribution in [3.8, 4) is 0 Å². The van der Waals surface area contributed by atoms with Crippen molar-refractivity contribution in [2.45, 2.75) is 70.0 Å². The Morgan fingerprint density at radius 2 is 1.90 bits per heavy atom. The lowest BCUT2D eigenvalue weighted by atomic mass is 9.76. The number of aromatic nitrogens is 2. The SMILES string of the molecule is Cc1nc(N[C@H](C)c2cccc(C(F)F)c2F)c2c(n1)[C@]1(CCN(C)C1)C(=O)N([C@@H]1CCN(C(=O)C3CC3)C1)C2. The standard InChI is InChI=1S/C29H35F3N6O2/c1-16(20-5-4-6-21(23(20)30)25(31)32)33-26-22-14-38(19-9-11-37(13-19)27(39)18-7-8-18)28(40)29(10-12-36(3)15-29)24(22)34-17(2)35-26/h4-6,16,18-19,25H,7-15H2,1-3H3,(H,33,34,35)/t16-,19-,29-/m1/s1. The van der Waals surface area contributed by atoms with Crippen LogP contribution in [0.3, 0.4) is 0 Å². The van der Waals surface area contributed by atoms with Gasteiger partial charge in [-0.05, 0) is 53.1 Å². The smallest absolute Gasteiger partial charge is 0.266 e. The summed E-state index contributed by atoms with van der Waals surface area (Å²) in [5, 5.41) is 3.28. The van der Waals surface area contributed by atoms with Crippen molar-refractivity contribution in [3.05, 3.63) is 52.2 Å². The first-order chi connectivity index (χ1) is 19.1. The van der Waals surface area contributed by atoms with E-state index in [1.807, 2.05) is 16.8 Å². The van der Waals surface area contributed by atoms with E-state index >= 15 is 4.39 Å². The molecule has 1 spiro atoms. The number of fused-ring (bicyclic) bond motifs is 2. The third-order valence-corrected chi connectivity index (χ3v) is 8.99. The van der Waals surface area contributed by atoms with Crippen LogP contribution in [0.15, 0.2) is 18.2 Å². The molecule has 40 heavy (non-hydrogen) atoms. The number of carbonyl (C=O) groups is 2. The first kappa shape index (κ1) is 27.0. The molecule has 4 aliphatic rings. The Hall–Kier alpha value is -3.21. The van der Waals surface area contributed by atoms with Crippen molar-refractivity contribution in [2.75, 3.05) is 38.5 Å². The van der Waals surface area contributed by atoms with Gasteiger partial charge in [-0.3, -0.25) is 9.59 Å². The molecule has 0 unspecified atom stereocenters. The molecule has 0 radical (unpaired) electrons. The molecule has 4 heterocycles. The molecule has 2 aromatic rings. The Morgan fingerprint density at radius 1 is 1.15 bits per heavy atom. The van der Waals surface area contributed by atoms with E-state index in [0.29, 0.717) is 49.8 Å². The number of aryl methyl sites for hydroxylation is 1. The van der Waals surface area contributed by atoms with Crippen molar-refractivity contribution in [1.82, 2.24) is 24.7 Å². The van der Waals surface area contributed by atoms with Crippen LogP contribution in [0.4, 0.5) is 19.0 Å². The lowest BCUT2D eigenvalue weighted by molar-refractivity contribution is -0.142. The number of likely N-dealkylation sites (N-methyl/N-ethyl adjacent to an activating group) is 1. The second-order valence-electron chi connectivity index (χ2n) is 11.9. The lowest BCUT2D eigenvalue weighted by Crippen LogP contribution is -2.56. The summed E-state index contributed by atoms with van der Waals surface area (Å²) in [4.78, 5) is 42.4. The average molecular weight is 557 g/mol. The molecule has 2 saturated heterocycles. The fourth-order valence-corrected chi connectivity index (χ4v) is 6.68. The van der Waals surface area contributed by atoms with Crippen LogP contribution in [0.25, 0.3) is 0 Å². The zero-order valence-corrected chi connectivity index (χ0v) is 23.1. The third-order valence-electron chi connectivity index (χ3n) is 8.99. The molecular formula is C29H35F3N6O2. The summed E-state index contributed by atoms with van der Waals surface area (Å²) in [6, 6.07) is 3.24. The number of anilines is 1. The largest absolute Gasteiger partial charge is 0.363 e. The summed E-state index contributed by atoms with van der Waals surface area (Å²) in [6.45, 7) is 6.14. The molecule has 1 saturated carbocycles. The molecule has 11 heteroatoms. The Bertz CT molecular complexity index is 1350. The number of hydrogen-bond donors (Lipinski definition) is 1. The van der Waals surface area contributed by atoms with Gasteiger partial charge in [0.15, 0.2) is 0 Å². The highest BCUT2D eigenvalue weighted by Gasteiger charge is 2.55. The first-order valence-electron chi connectivity index (χ1n) is 14.1. The van der Waals surface area contributed by atoms with Crippen molar-refractivity contribution >= 4 is 17.6 Å². The lowest BCUT2D eigenvalue weighted by Gasteiger charge is -2.43. The van der Waals surface area contributed by atoms with Crippen molar-refractivity contribution in [3.63, 3.8) is 0 Å².